The van der Waals surface area contributed by atoms with Crippen LogP contribution in [-0.2, 0) is 17.5 Å². The summed E-state index contributed by atoms with van der Waals surface area (Å²) in [6, 6.07) is 2.16. The lowest BCUT2D eigenvalue weighted by Gasteiger charge is -2.10. The number of ether oxygens (including phenoxy) is 1. The van der Waals surface area contributed by atoms with Crippen molar-refractivity contribution in [1.82, 2.24) is 9.55 Å². The summed E-state index contributed by atoms with van der Waals surface area (Å²) in [5, 5.41) is 19.9. The molecule has 0 radical (unpaired) electrons. The van der Waals surface area contributed by atoms with Gasteiger partial charge in [-0.15, -0.1) is 0 Å². The molecule has 0 atom stereocenters. The molecule has 1 aromatic heterocycles. The first kappa shape index (κ1) is 19.7. The van der Waals surface area contributed by atoms with Gasteiger partial charge in [-0.3, -0.25) is 19.3 Å². The number of phenolic OH excluding ortho intramolecular Hbond substituents is 1. The monoisotopic (exact) mass is 389 g/mol. The second kappa shape index (κ2) is 7.70. The fourth-order valence-corrected chi connectivity index (χ4v) is 2.29. The number of H-pyrrole nitrogens is 1. The number of benzene rings is 1. The highest BCUT2D eigenvalue weighted by Crippen LogP contribution is 2.35. The third-order valence-electron chi connectivity index (χ3n) is 3.36. The smallest absolute Gasteiger partial charge is 0.416 e. The first-order valence-corrected chi connectivity index (χ1v) is 7.55. The number of methoxy groups -OCH3 is 1. The molecule has 1 aromatic carbocycles. The van der Waals surface area contributed by atoms with Gasteiger partial charge in [-0.25, -0.2) is 0 Å². The molecule has 7 nitrogen and oxygen atoms in total. The quantitative estimate of drug-likeness (QED) is 0.539. The molecule has 3 N–H and O–H groups in total. The molecule has 0 aliphatic carbocycles. The number of hydrogen-bond acceptors (Lipinski definition) is 6. The zero-order valence-electron chi connectivity index (χ0n) is 13.4. The van der Waals surface area contributed by atoms with Crippen LogP contribution in [0.15, 0.2) is 28.0 Å². The zero-order valence-corrected chi connectivity index (χ0v) is 14.2. The van der Waals surface area contributed by atoms with Gasteiger partial charge >= 0.3 is 6.18 Å². The van der Waals surface area contributed by atoms with E-state index in [0.29, 0.717) is 12.1 Å². The number of nitrogens with zero attached hydrogens (tertiary/aromatic N) is 2. The van der Waals surface area contributed by atoms with Gasteiger partial charge < -0.3 is 14.9 Å². The van der Waals surface area contributed by atoms with Crippen molar-refractivity contribution >= 4 is 24.1 Å². The van der Waals surface area contributed by atoms with Crippen LogP contribution >= 0.6 is 12.2 Å². The molecule has 2 rings (SSSR count). The van der Waals surface area contributed by atoms with E-state index >= 15 is 0 Å². The van der Waals surface area contributed by atoms with Gasteiger partial charge in [0.1, 0.15) is 17.0 Å². The average molecular weight is 389 g/mol. The Morgan fingerprint density at radius 1 is 1.38 bits per heavy atom. The van der Waals surface area contributed by atoms with Crippen molar-refractivity contribution in [3.8, 4) is 11.6 Å². The van der Waals surface area contributed by atoms with E-state index in [1.54, 1.807) is 0 Å². The maximum absolute atomic E-state index is 12.8. The van der Waals surface area contributed by atoms with Gasteiger partial charge in [-0.05, 0) is 30.4 Å². The summed E-state index contributed by atoms with van der Waals surface area (Å²) < 4.78 is 44.2. The number of alkyl halides is 3. The Hall–Kier alpha value is -2.66. The van der Waals surface area contributed by atoms with Crippen LogP contribution in [0.1, 0.15) is 11.1 Å². The first-order chi connectivity index (χ1) is 12.1. The van der Waals surface area contributed by atoms with Crippen LogP contribution in [-0.4, -0.2) is 39.7 Å². The summed E-state index contributed by atoms with van der Waals surface area (Å²) in [5.41, 5.74) is -2.54. The van der Waals surface area contributed by atoms with E-state index in [1.165, 1.54) is 11.7 Å². The molecule has 140 valence electrons. The maximum atomic E-state index is 12.8. The highest BCUT2D eigenvalue weighted by Gasteiger charge is 2.31. The number of aromatic amines is 1. The Kier molecular flexibility index (Phi) is 5.83. The number of aromatic nitrogens is 2. The average Bonchev–Trinajstić information content (AvgIpc) is 2.54. The van der Waals surface area contributed by atoms with Gasteiger partial charge in [0.05, 0.1) is 18.7 Å². The lowest BCUT2D eigenvalue weighted by atomic mass is 10.2. The van der Waals surface area contributed by atoms with Gasteiger partial charge in [0.25, 0.3) is 5.56 Å². The highest BCUT2D eigenvalue weighted by atomic mass is 32.1. The van der Waals surface area contributed by atoms with Crippen molar-refractivity contribution < 1.29 is 28.1 Å². The van der Waals surface area contributed by atoms with E-state index < -0.39 is 34.6 Å². The third-order valence-corrected chi connectivity index (χ3v) is 3.68. The fourth-order valence-electron chi connectivity index (χ4n) is 2.02. The number of phenols is 1. The van der Waals surface area contributed by atoms with Gasteiger partial charge in [0, 0.05) is 13.3 Å². The fraction of sp³-hybridized carbons (Fsp3) is 0.267. The molecule has 0 fully saturated rings. The van der Waals surface area contributed by atoms with Crippen LogP contribution in [0.2, 0.25) is 0 Å². The predicted molar refractivity (Wildman–Crippen MR) is 89.8 cm³/mol. The van der Waals surface area contributed by atoms with E-state index in [9.17, 15) is 28.2 Å². The minimum absolute atomic E-state index is 0.0522. The summed E-state index contributed by atoms with van der Waals surface area (Å²) >= 11 is 4.94. The summed E-state index contributed by atoms with van der Waals surface area (Å²) in [4.78, 5) is 18.0. The molecule has 0 unspecified atom stereocenters. The van der Waals surface area contributed by atoms with Crippen molar-refractivity contribution in [3.63, 3.8) is 0 Å². The van der Waals surface area contributed by atoms with Crippen LogP contribution in [0.5, 0.6) is 11.6 Å². The van der Waals surface area contributed by atoms with Crippen LogP contribution in [0, 0.1) is 4.77 Å². The molecule has 11 heteroatoms. The molecule has 26 heavy (non-hydrogen) atoms. The number of halogens is 3. The SMILES string of the molecule is COCCn1c(O)c(C=Nc2cc(C(F)(F)F)ccc2O)c(=O)[nH]c1=S. The summed E-state index contributed by atoms with van der Waals surface area (Å²) in [7, 11) is 1.44. The Morgan fingerprint density at radius 2 is 2.08 bits per heavy atom. The molecule has 0 spiro atoms. The second-order valence-corrected chi connectivity index (χ2v) is 5.49. The summed E-state index contributed by atoms with van der Waals surface area (Å²) in [6.45, 7) is 0.326. The topological polar surface area (TPSA) is 99.8 Å². The molecule has 1 heterocycles. The molecule has 0 saturated heterocycles. The van der Waals surface area contributed by atoms with Crippen LogP contribution in [0.3, 0.4) is 0 Å². The van der Waals surface area contributed by atoms with E-state index in [2.05, 4.69) is 9.98 Å². The standard InChI is InChI=1S/C15H14F3N3O4S/c1-25-5-4-21-13(24)9(12(23)20-14(21)26)7-19-10-6-8(15(16,17)18)2-3-11(10)22/h2-3,6-7,22,24H,4-5H2,1H3,(H,20,23,26). The van der Waals surface area contributed by atoms with Crippen LogP contribution in [0.4, 0.5) is 18.9 Å². The molecule has 0 amide bonds. The number of rotatable bonds is 5. The molecule has 2 aromatic rings. The Labute approximate surface area is 150 Å². The number of aliphatic imine (C=N–C) groups is 1. The van der Waals surface area contributed by atoms with Crippen molar-refractivity contribution in [2.45, 2.75) is 12.7 Å². The van der Waals surface area contributed by atoms with Gasteiger partial charge in [0.15, 0.2) is 4.77 Å². The van der Waals surface area contributed by atoms with Crippen molar-refractivity contribution in [1.29, 1.82) is 0 Å². The van der Waals surface area contributed by atoms with Gasteiger partial charge in [-0.2, -0.15) is 13.2 Å². The zero-order chi connectivity index (χ0) is 19.5. The Morgan fingerprint density at radius 3 is 2.69 bits per heavy atom. The minimum Gasteiger partial charge on any atom is -0.506 e. The second-order valence-electron chi connectivity index (χ2n) is 5.10. The Balaban J connectivity index is 2.49. The largest absolute Gasteiger partial charge is 0.506 e. The third kappa shape index (κ3) is 4.29. The van der Waals surface area contributed by atoms with Crippen molar-refractivity contribution in [2.75, 3.05) is 13.7 Å². The van der Waals surface area contributed by atoms with Gasteiger partial charge in [-0.1, -0.05) is 0 Å². The van der Waals surface area contributed by atoms with E-state index in [-0.39, 0.29) is 23.5 Å². The van der Waals surface area contributed by atoms with Gasteiger partial charge in [0.2, 0.25) is 5.88 Å². The molecule has 0 saturated carbocycles. The van der Waals surface area contributed by atoms with E-state index in [1.807, 2.05) is 0 Å². The lowest BCUT2D eigenvalue weighted by Crippen LogP contribution is -2.20. The van der Waals surface area contributed by atoms with Crippen molar-refractivity contribution in [3.05, 3.63) is 44.5 Å². The molecule has 0 bridgehead atoms. The number of nitrogens with one attached hydrogen (secondary N) is 1. The van der Waals surface area contributed by atoms with E-state index in [0.717, 1.165) is 12.3 Å². The van der Waals surface area contributed by atoms with Crippen molar-refractivity contribution in [2.24, 2.45) is 4.99 Å². The van der Waals surface area contributed by atoms with Crippen LogP contribution < -0.4 is 5.56 Å². The molecular weight excluding hydrogens is 375 g/mol. The summed E-state index contributed by atoms with van der Waals surface area (Å²) in [6.07, 6.45) is -3.77. The summed E-state index contributed by atoms with van der Waals surface area (Å²) in [5.74, 6) is -1.04. The Bertz CT molecular complexity index is 951. The maximum Gasteiger partial charge on any atom is 0.416 e. The molecular formula is C15H14F3N3O4S. The normalized spacial score (nSPS) is 12.0. The van der Waals surface area contributed by atoms with E-state index in [4.69, 9.17) is 17.0 Å². The lowest BCUT2D eigenvalue weighted by molar-refractivity contribution is -0.137. The minimum atomic E-state index is -4.62. The van der Waals surface area contributed by atoms with Crippen LogP contribution in [0.25, 0.3) is 0 Å². The molecule has 0 aliphatic rings. The first-order valence-electron chi connectivity index (χ1n) is 7.14. The molecule has 0 aliphatic heterocycles. The number of hydrogen-bond donors (Lipinski definition) is 3. The predicted octanol–water partition coefficient (Wildman–Crippen LogP) is 2.73. The highest BCUT2D eigenvalue weighted by molar-refractivity contribution is 7.71. The number of aromatic hydroxyl groups is 2.